The average molecular weight is 615 g/mol. The van der Waals surface area contributed by atoms with Crippen molar-refractivity contribution < 1.29 is 45.4 Å². The lowest BCUT2D eigenvalue weighted by atomic mass is 9.86. The number of carbonyl (C=O) groups excluding carboxylic acids is 3. The van der Waals surface area contributed by atoms with Gasteiger partial charge in [-0.2, -0.15) is 13.2 Å². The number of benzene rings is 3. The Morgan fingerprint density at radius 3 is 1.98 bits per heavy atom. The van der Waals surface area contributed by atoms with Gasteiger partial charge < -0.3 is 14.8 Å². The number of rotatable bonds is 9. The highest BCUT2D eigenvalue weighted by Crippen LogP contribution is 2.43. The minimum absolute atomic E-state index is 0.252. The Hall–Kier alpha value is -4.65. The number of fused-ring (bicyclic) bond motifs is 1. The second-order valence-corrected chi connectivity index (χ2v) is 11.8. The van der Waals surface area contributed by atoms with Gasteiger partial charge in [0.1, 0.15) is 17.5 Å². The highest BCUT2D eigenvalue weighted by atomic mass is 32.2. The Kier molecular flexibility index (Phi) is 8.27. The zero-order chi connectivity index (χ0) is 30.8. The van der Waals surface area contributed by atoms with Crippen LogP contribution in [0.1, 0.15) is 30.1 Å². The van der Waals surface area contributed by atoms with Crippen LogP contribution in [0.5, 0.6) is 5.75 Å². The average Bonchev–Trinajstić information content (AvgIpc) is 3.01. The fourth-order valence-electron chi connectivity index (χ4n) is 5.05. The Labute approximate surface area is 244 Å². The minimum atomic E-state index is -6.01. The minimum Gasteiger partial charge on any atom is -0.484 e. The van der Waals surface area contributed by atoms with E-state index in [-0.39, 0.29) is 6.42 Å². The summed E-state index contributed by atoms with van der Waals surface area (Å²) in [5.74, 6) is -2.65. The molecule has 9 nitrogen and oxygen atoms in total. The van der Waals surface area contributed by atoms with E-state index >= 15 is 0 Å². The Morgan fingerprint density at radius 2 is 1.44 bits per heavy atom. The lowest BCUT2D eigenvalue weighted by molar-refractivity contribution is -0.159. The van der Waals surface area contributed by atoms with Gasteiger partial charge in [-0.1, -0.05) is 78.9 Å². The standard InChI is InChI=1S/C30H25F3N2O7S/c31-30(32,33)43(39,40)23-17-16-22-25(34-24(36)18-41-21-14-8-3-9-15-21)28(37)35(22)26(23)29(38)42-27(19-10-4-1-5-11-19)20-12-6-2-7-13-20/h1-15,22,25,27H,16-18H2,(H,34,36). The Balaban J connectivity index is 1.44. The highest BCUT2D eigenvalue weighted by molar-refractivity contribution is 7.96. The van der Waals surface area contributed by atoms with Crippen molar-refractivity contribution in [1.29, 1.82) is 0 Å². The van der Waals surface area contributed by atoms with Crippen molar-refractivity contribution in [1.82, 2.24) is 10.2 Å². The van der Waals surface area contributed by atoms with Crippen molar-refractivity contribution in [2.24, 2.45) is 0 Å². The molecule has 224 valence electrons. The molecule has 2 heterocycles. The van der Waals surface area contributed by atoms with E-state index in [1.165, 1.54) is 0 Å². The van der Waals surface area contributed by atoms with Gasteiger partial charge in [0.25, 0.3) is 21.7 Å². The number of nitrogens with one attached hydrogen (secondary N) is 1. The van der Waals surface area contributed by atoms with Crippen molar-refractivity contribution in [3.63, 3.8) is 0 Å². The number of nitrogens with zero attached hydrogens (tertiary/aromatic N) is 1. The molecule has 1 saturated heterocycles. The molecule has 2 amide bonds. The molecule has 0 bridgehead atoms. The zero-order valence-corrected chi connectivity index (χ0v) is 23.2. The topological polar surface area (TPSA) is 119 Å². The first kappa shape index (κ1) is 29.8. The third-order valence-electron chi connectivity index (χ3n) is 7.07. The number of alkyl halides is 3. The van der Waals surface area contributed by atoms with Crippen molar-refractivity contribution in [2.45, 2.75) is 36.5 Å². The SMILES string of the molecule is O=C(COc1ccccc1)NC1C(=O)N2C(C(=O)OC(c3ccccc3)c3ccccc3)=C(S(=O)(=O)C(F)(F)F)CCC12. The smallest absolute Gasteiger partial charge is 0.484 e. The van der Waals surface area contributed by atoms with Gasteiger partial charge in [-0.05, 0) is 36.1 Å². The van der Waals surface area contributed by atoms with E-state index < -0.39 is 74.9 Å². The van der Waals surface area contributed by atoms with Gasteiger partial charge in [0, 0.05) is 0 Å². The summed E-state index contributed by atoms with van der Waals surface area (Å²) in [4.78, 5) is 38.8. The number of esters is 1. The largest absolute Gasteiger partial charge is 0.501 e. The quantitative estimate of drug-likeness (QED) is 0.286. The summed E-state index contributed by atoms with van der Waals surface area (Å²) >= 11 is 0. The van der Waals surface area contributed by atoms with Gasteiger partial charge in [0.2, 0.25) is 0 Å². The summed E-state index contributed by atoms with van der Waals surface area (Å²) in [5.41, 5.74) is -5.81. The van der Waals surface area contributed by atoms with Crippen LogP contribution in [0.4, 0.5) is 13.2 Å². The molecule has 2 aliphatic heterocycles. The predicted molar refractivity (Wildman–Crippen MR) is 147 cm³/mol. The van der Waals surface area contributed by atoms with Gasteiger partial charge in [-0.25, -0.2) is 13.2 Å². The maximum absolute atomic E-state index is 13.7. The van der Waals surface area contributed by atoms with E-state index in [0.717, 1.165) is 0 Å². The number of β-lactam (4-membered cyclic amide) rings is 1. The molecule has 43 heavy (non-hydrogen) atoms. The van der Waals surface area contributed by atoms with Crippen LogP contribution in [0.15, 0.2) is 102 Å². The van der Waals surface area contributed by atoms with E-state index in [4.69, 9.17) is 9.47 Å². The second-order valence-electron chi connectivity index (χ2n) is 9.79. The summed E-state index contributed by atoms with van der Waals surface area (Å²) in [6.45, 7) is -0.450. The van der Waals surface area contributed by atoms with Crippen LogP contribution in [0.3, 0.4) is 0 Å². The third kappa shape index (κ3) is 5.98. The van der Waals surface area contributed by atoms with E-state index in [2.05, 4.69) is 5.32 Å². The van der Waals surface area contributed by atoms with E-state index in [0.29, 0.717) is 21.8 Å². The number of hydrogen-bond donors (Lipinski definition) is 1. The molecule has 1 fully saturated rings. The van der Waals surface area contributed by atoms with Crippen LogP contribution in [0.25, 0.3) is 0 Å². The van der Waals surface area contributed by atoms with E-state index in [9.17, 15) is 36.0 Å². The van der Waals surface area contributed by atoms with Crippen molar-refractivity contribution in [2.75, 3.05) is 6.61 Å². The van der Waals surface area contributed by atoms with Crippen LogP contribution in [-0.2, 0) is 29.0 Å². The number of hydrogen-bond acceptors (Lipinski definition) is 7. The zero-order valence-electron chi connectivity index (χ0n) is 22.4. The fourth-order valence-corrected chi connectivity index (χ4v) is 6.15. The fraction of sp³-hybridized carbons (Fsp3) is 0.233. The van der Waals surface area contributed by atoms with Crippen LogP contribution in [0, 0.1) is 0 Å². The molecule has 0 spiro atoms. The second kappa shape index (κ2) is 11.9. The monoisotopic (exact) mass is 614 g/mol. The van der Waals surface area contributed by atoms with E-state index in [1.54, 1.807) is 91.0 Å². The molecular formula is C30H25F3N2O7S. The first-order chi connectivity index (χ1) is 20.5. The molecule has 0 saturated carbocycles. The molecule has 1 N–H and O–H groups in total. The number of amides is 2. The molecule has 2 atom stereocenters. The van der Waals surface area contributed by atoms with Crippen molar-refractivity contribution >= 4 is 27.6 Å². The summed E-state index contributed by atoms with van der Waals surface area (Å²) < 4.78 is 77.4. The van der Waals surface area contributed by atoms with Crippen LogP contribution in [0.2, 0.25) is 0 Å². The lowest BCUT2D eigenvalue weighted by Crippen LogP contribution is -2.72. The molecule has 13 heteroatoms. The maximum Gasteiger partial charge on any atom is 0.501 e. The number of halogens is 3. The summed E-state index contributed by atoms with van der Waals surface area (Å²) in [6.07, 6.45) is -2.08. The van der Waals surface area contributed by atoms with Crippen LogP contribution >= 0.6 is 0 Å². The van der Waals surface area contributed by atoms with Crippen molar-refractivity contribution in [3.05, 3.63) is 113 Å². The predicted octanol–water partition coefficient (Wildman–Crippen LogP) is 4.03. The van der Waals surface area contributed by atoms with E-state index in [1.807, 2.05) is 0 Å². The lowest BCUT2D eigenvalue weighted by Gasteiger charge is -2.50. The molecule has 2 aliphatic rings. The van der Waals surface area contributed by atoms with Gasteiger partial charge >= 0.3 is 11.5 Å². The molecular weight excluding hydrogens is 589 g/mol. The maximum atomic E-state index is 13.7. The number of sulfone groups is 1. The summed E-state index contributed by atoms with van der Waals surface area (Å²) in [6, 6.07) is 22.8. The number of carbonyl (C=O) groups is 3. The molecule has 0 aromatic heterocycles. The number of ether oxygens (including phenoxy) is 2. The molecule has 0 radical (unpaired) electrons. The number of para-hydroxylation sites is 1. The molecule has 5 rings (SSSR count). The molecule has 3 aromatic carbocycles. The summed E-state index contributed by atoms with van der Waals surface area (Å²) in [7, 11) is -6.01. The van der Waals surface area contributed by atoms with Crippen LogP contribution in [-0.4, -0.2) is 55.3 Å². The summed E-state index contributed by atoms with van der Waals surface area (Å²) in [5, 5.41) is 2.47. The van der Waals surface area contributed by atoms with Gasteiger partial charge in [0.15, 0.2) is 12.7 Å². The number of allylic oxidation sites excluding steroid dienone is 1. The van der Waals surface area contributed by atoms with Crippen LogP contribution < -0.4 is 10.1 Å². The highest BCUT2D eigenvalue weighted by Gasteiger charge is 2.59. The molecule has 2 unspecified atom stereocenters. The van der Waals surface area contributed by atoms with Gasteiger partial charge in [-0.3, -0.25) is 14.5 Å². The third-order valence-corrected chi connectivity index (χ3v) is 8.73. The van der Waals surface area contributed by atoms with Gasteiger partial charge in [0.05, 0.1) is 10.9 Å². The first-order valence-electron chi connectivity index (χ1n) is 13.1. The Bertz CT molecular complexity index is 1610. The molecule has 0 aliphatic carbocycles. The molecule has 3 aromatic rings. The van der Waals surface area contributed by atoms with Crippen molar-refractivity contribution in [3.8, 4) is 5.75 Å². The Morgan fingerprint density at radius 1 is 0.907 bits per heavy atom. The first-order valence-corrected chi connectivity index (χ1v) is 14.6. The van der Waals surface area contributed by atoms with Gasteiger partial charge in [-0.15, -0.1) is 0 Å². The normalized spacial score (nSPS) is 18.5.